The van der Waals surface area contributed by atoms with E-state index in [4.69, 9.17) is 0 Å². The van der Waals surface area contributed by atoms with Crippen LogP contribution >= 0.6 is 11.3 Å². The Morgan fingerprint density at radius 2 is 1.85 bits per heavy atom. The van der Waals surface area contributed by atoms with E-state index in [9.17, 15) is 5.11 Å². The maximum Gasteiger partial charge on any atom is 0.134 e. The predicted octanol–water partition coefficient (Wildman–Crippen LogP) is 4.04. The summed E-state index contributed by atoms with van der Waals surface area (Å²) in [6, 6.07) is 19.7. The summed E-state index contributed by atoms with van der Waals surface area (Å²) in [6.07, 6.45) is 1.79. The maximum absolute atomic E-state index is 9.49. The van der Waals surface area contributed by atoms with Gasteiger partial charge in [0, 0.05) is 26.9 Å². The number of nitrogens with zero attached hydrogens (tertiary/aromatic N) is 1. The molecule has 0 unspecified atom stereocenters. The zero-order valence-corrected chi connectivity index (χ0v) is 15.8. The molecular weight excluding hydrogens is 340 g/mol. The minimum Gasteiger partial charge on any atom is -0.508 e. The van der Waals surface area contributed by atoms with E-state index in [1.807, 2.05) is 37.3 Å². The summed E-state index contributed by atoms with van der Waals surface area (Å²) in [5.74, 6) is 1.08. The third kappa shape index (κ3) is 4.03. The van der Waals surface area contributed by atoms with E-state index < -0.39 is 0 Å². The lowest BCUT2D eigenvalue weighted by molar-refractivity contribution is 0.475. The fourth-order valence-electron chi connectivity index (χ4n) is 2.74. The standard InChI is InChI=1S/C22H22N2OS/c1-4-23-22(24-15(2)17-8-6-5-7-9-17)20-14-21(26-16(20)3)18-10-12-19(25)13-11-18/h4-15,24-25H,3H2,1-2H3/b22-20+,23-4?/t15-/m1/s1. The van der Waals surface area contributed by atoms with Crippen molar-refractivity contribution in [2.75, 3.05) is 0 Å². The normalized spacial score (nSPS) is 13.6. The third-order valence-corrected chi connectivity index (χ3v) is 5.17. The summed E-state index contributed by atoms with van der Waals surface area (Å²) in [6.45, 7) is 8.23. The van der Waals surface area contributed by atoms with Gasteiger partial charge in [0.15, 0.2) is 0 Å². The van der Waals surface area contributed by atoms with Gasteiger partial charge in [-0.15, -0.1) is 11.3 Å². The molecule has 4 heteroatoms. The molecule has 3 rings (SSSR count). The van der Waals surface area contributed by atoms with Crippen LogP contribution in [0.3, 0.4) is 0 Å². The van der Waals surface area contributed by atoms with Crippen molar-refractivity contribution in [3.8, 4) is 16.2 Å². The molecule has 1 atom stereocenters. The Bertz CT molecular complexity index is 1000. The van der Waals surface area contributed by atoms with Crippen molar-refractivity contribution < 1.29 is 5.11 Å². The van der Waals surface area contributed by atoms with Gasteiger partial charge < -0.3 is 10.4 Å². The molecule has 26 heavy (non-hydrogen) atoms. The highest BCUT2D eigenvalue weighted by Gasteiger charge is 2.09. The quantitative estimate of drug-likeness (QED) is 0.673. The Hall–Kier alpha value is -2.85. The number of hydrogen-bond donors (Lipinski definition) is 2. The van der Waals surface area contributed by atoms with E-state index >= 15 is 0 Å². The van der Waals surface area contributed by atoms with Crippen LogP contribution in [0.5, 0.6) is 5.75 Å². The largest absolute Gasteiger partial charge is 0.508 e. The average Bonchev–Trinajstić information content (AvgIpc) is 3.04. The van der Waals surface area contributed by atoms with E-state index in [1.54, 1.807) is 29.7 Å². The van der Waals surface area contributed by atoms with Crippen LogP contribution in [-0.2, 0) is 0 Å². The summed E-state index contributed by atoms with van der Waals surface area (Å²) in [5.41, 5.74) is 2.26. The smallest absolute Gasteiger partial charge is 0.134 e. The Kier molecular flexibility index (Phi) is 5.54. The molecule has 0 spiro atoms. The third-order valence-electron chi connectivity index (χ3n) is 4.13. The number of aliphatic imine (C=N–C) groups is 1. The van der Waals surface area contributed by atoms with Gasteiger partial charge >= 0.3 is 0 Å². The molecule has 3 aromatic rings. The lowest BCUT2D eigenvalue weighted by atomic mass is 10.1. The molecule has 1 aromatic heterocycles. The number of benzene rings is 2. The first-order valence-electron chi connectivity index (χ1n) is 8.51. The number of rotatable bonds is 5. The molecule has 3 nitrogen and oxygen atoms in total. The zero-order chi connectivity index (χ0) is 18.5. The number of nitrogens with one attached hydrogen (secondary N) is 1. The lowest BCUT2D eigenvalue weighted by Crippen LogP contribution is -2.28. The second-order valence-electron chi connectivity index (χ2n) is 6.01. The average molecular weight is 362 g/mol. The van der Waals surface area contributed by atoms with Crippen LogP contribution in [0.1, 0.15) is 25.5 Å². The summed E-state index contributed by atoms with van der Waals surface area (Å²) >= 11 is 1.62. The van der Waals surface area contributed by atoms with Gasteiger partial charge in [-0.25, -0.2) is 4.99 Å². The van der Waals surface area contributed by atoms with Crippen molar-refractivity contribution in [3.63, 3.8) is 0 Å². The van der Waals surface area contributed by atoms with E-state index in [0.717, 1.165) is 26.0 Å². The van der Waals surface area contributed by atoms with Crippen LogP contribution in [0.15, 0.2) is 65.7 Å². The molecule has 0 aliphatic carbocycles. The number of hydrogen-bond acceptors (Lipinski definition) is 4. The van der Waals surface area contributed by atoms with Gasteiger partial charge in [0.2, 0.25) is 0 Å². The van der Waals surface area contributed by atoms with Crippen LogP contribution in [0.2, 0.25) is 0 Å². The van der Waals surface area contributed by atoms with Crippen LogP contribution in [-0.4, -0.2) is 11.3 Å². The molecule has 0 bridgehead atoms. The molecule has 2 aromatic carbocycles. The number of aromatic hydroxyl groups is 1. The van der Waals surface area contributed by atoms with Crippen LogP contribution in [0, 0.1) is 0 Å². The summed E-state index contributed by atoms with van der Waals surface area (Å²) in [5, 5.41) is 14.0. The molecule has 0 aliphatic rings. The Balaban J connectivity index is 2.02. The van der Waals surface area contributed by atoms with Crippen molar-refractivity contribution in [2.24, 2.45) is 4.99 Å². The zero-order valence-electron chi connectivity index (χ0n) is 14.9. The molecule has 0 radical (unpaired) electrons. The summed E-state index contributed by atoms with van der Waals surface area (Å²) in [7, 11) is 0. The maximum atomic E-state index is 9.49. The molecule has 132 valence electrons. The molecule has 0 saturated heterocycles. The topological polar surface area (TPSA) is 44.6 Å². The van der Waals surface area contributed by atoms with Crippen LogP contribution < -0.4 is 15.1 Å². The first kappa shape index (κ1) is 18.0. The Morgan fingerprint density at radius 1 is 1.15 bits per heavy atom. The van der Waals surface area contributed by atoms with Crippen molar-refractivity contribution in [3.05, 3.63) is 76.0 Å². The van der Waals surface area contributed by atoms with Gasteiger partial charge in [-0.2, -0.15) is 0 Å². The highest BCUT2D eigenvalue weighted by molar-refractivity contribution is 7.13. The fraction of sp³-hybridized carbons (Fsp3) is 0.136. The minimum atomic E-state index is 0.131. The number of phenols is 1. The molecule has 0 fully saturated rings. The minimum absolute atomic E-state index is 0.131. The molecule has 0 saturated carbocycles. The van der Waals surface area contributed by atoms with Gasteiger partial charge in [0.05, 0.1) is 0 Å². The second-order valence-corrected chi connectivity index (χ2v) is 7.14. The van der Waals surface area contributed by atoms with Crippen molar-refractivity contribution >= 4 is 30.0 Å². The van der Waals surface area contributed by atoms with Gasteiger partial charge in [-0.1, -0.05) is 36.9 Å². The number of phenolic OH excluding ortho intramolecular Hbond substituents is 1. The van der Waals surface area contributed by atoms with Gasteiger partial charge in [0.25, 0.3) is 0 Å². The van der Waals surface area contributed by atoms with E-state index in [1.165, 1.54) is 5.56 Å². The monoisotopic (exact) mass is 362 g/mol. The molecular formula is C22H22N2OS. The van der Waals surface area contributed by atoms with E-state index in [2.05, 4.69) is 42.0 Å². The van der Waals surface area contributed by atoms with E-state index in [-0.39, 0.29) is 11.8 Å². The van der Waals surface area contributed by atoms with Gasteiger partial charge in [0.1, 0.15) is 11.6 Å². The second kappa shape index (κ2) is 8.02. The van der Waals surface area contributed by atoms with Gasteiger partial charge in [-0.05, 0) is 55.3 Å². The molecule has 0 amide bonds. The van der Waals surface area contributed by atoms with E-state index in [0.29, 0.717) is 0 Å². The lowest BCUT2D eigenvalue weighted by Gasteiger charge is -2.15. The highest BCUT2D eigenvalue weighted by Crippen LogP contribution is 2.23. The van der Waals surface area contributed by atoms with Crippen molar-refractivity contribution in [2.45, 2.75) is 19.9 Å². The van der Waals surface area contributed by atoms with Crippen molar-refractivity contribution in [1.82, 2.24) is 5.32 Å². The Labute approximate surface area is 157 Å². The molecule has 1 heterocycles. The fourth-order valence-corrected chi connectivity index (χ4v) is 3.70. The number of thiophene rings is 1. The Morgan fingerprint density at radius 3 is 2.50 bits per heavy atom. The first-order chi connectivity index (χ1) is 12.6. The summed E-state index contributed by atoms with van der Waals surface area (Å²) < 4.78 is 0.960. The SMILES string of the molecule is C=c1sc(-c2ccc(O)cc2)c/c1=C(/N=CC)N[C@H](C)c1ccccc1. The van der Waals surface area contributed by atoms with Gasteiger partial charge in [-0.3, -0.25) is 0 Å². The summed E-state index contributed by atoms with van der Waals surface area (Å²) in [4.78, 5) is 5.65. The van der Waals surface area contributed by atoms with Crippen molar-refractivity contribution in [1.29, 1.82) is 0 Å². The highest BCUT2D eigenvalue weighted by atomic mass is 32.1. The molecule has 0 aliphatic heterocycles. The molecule has 2 N–H and O–H groups in total. The van der Waals surface area contributed by atoms with Crippen LogP contribution in [0.4, 0.5) is 0 Å². The predicted molar refractivity (Wildman–Crippen MR) is 112 cm³/mol. The first-order valence-corrected chi connectivity index (χ1v) is 9.33. The van der Waals surface area contributed by atoms with Crippen LogP contribution in [0.25, 0.3) is 22.8 Å².